The third kappa shape index (κ3) is 5.34. The summed E-state index contributed by atoms with van der Waals surface area (Å²) in [6.45, 7) is 11.1. The normalized spacial score (nSPS) is 17.7. The average molecular weight is 548 g/mol. The number of benzene rings is 2. The van der Waals surface area contributed by atoms with E-state index in [-0.39, 0.29) is 18.5 Å². The molecular formula is C30H37N5O5. The van der Waals surface area contributed by atoms with E-state index < -0.39 is 5.54 Å². The first-order valence-electron chi connectivity index (χ1n) is 13.7. The fourth-order valence-electron chi connectivity index (χ4n) is 5.31. The minimum Gasteiger partial charge on any atom is -0.493 e. The SMILES string of the molecule is CCN(CCOc1cc(N2C(=O)N(Cc3ccnc4ccccc34)C(C)(C)C2=O)ccc1OC)N1CCOCC1. The van der Waals surface area contributed by atoms with Gasteiger partial charge < -0.3 is 19.1 Å². The molecule has 0 saturated carbocycles. The van der Waals surface area contributed by atoms with Gasteiger partial charge in [0.2, 0.25) is 0 Å². The highest BCUT2D eigenvalue weighted by Gasteiger charge is 2.52. The monoisotopic (exact) mass is 547 g/mol. The van der Waals surface area contributed by atoms with E-state index in [1.165, 1.54) is 4.90 Å². The molecule has 3 amide bonds. The second-order valence-corrected chi connectivity index (χ2v) is 10.4. The fourth-order valence-corrected chi connectivity index (χ4v) is 5.31. The Labute approximate surface area is 235 Å². The summed E-state index contributed by atoms with van der Waals surface area (Å²) >= 11 is 0. The number of para-hydroxylation sites is 1. The minimum absolute atomic E-state index is 0.283. The first-order chi connectivity index (χ1) is 19.3. The van der Waals surface area contributed by atoms with Crippen LogP contribution in [0, 0.1) is 0 Å². The molecule has 40 heavy (non-hydrogen) atoms. The molecule has 0 spiro atoms. The van der Waals surface area contributed by atoms with E-state index >= 15 is 0 Å². The van der Waals surface area contributed by atoms with Crippen molar-refractivity contribution >= 4 is 28.5 Å². The predicted octanol–water partition coefficient (Wildman–Crippen LogP) is 3.94. The Morgan fingerprint density at radius 1 is 1.05 bits per heavy atom. The molecule has 10 nitrogen and oxygen atoms in total. The number of nitrogens with zero attached hydrogens (tertiary/aromatic N) is 5. The van der Waals surface area contributed by atoms with Gasteiger partial charge in [-0.15, -0.1) is 0 Å². The molecule has 0 radical (unpaired) electrons. The van der Waals surface area contributed by atoms with Crippen molar-refractivity contribution in [2.24, 2.45) is 0 Å². The quantitative estimate of drug-likeness (QED) is 0.353. The van der Waals surface area contributed by atoms with Crippen molar-refractivity contribution in [1.82, 2.24) is 19.9 Å². The molecule has 2 aliphatic rings. The van der Waals surface area contributed by atoms with Crippen LogP contribution in [-0.4, -0.2) is 90.5 Å². The topological polar surface area (TPSA) is 87.7 Å². The molecule has 0 unspecified atom stereocenters. The predicted molar refractivity (Wildman–Crippen MR) is 152 cm³/mol. The second kappa shape index (κ2) is 11.8. The van der Waals surface area contributed by atoms with Crippen LogP contribution in [0.3, 0.4) is 0 Å². The molecule has 0 atom stereocenters. The molecule has 1 aromatic heterocycles. The second-order valence-electron chi connectivity index (χ2n) is 10.4. The molecule has 212 valence electrons. The Morgan fingerprint density at radius 2 is 1.82 bits per heavy atom. The Hall–Kier alpha value is -3.73. The molecule has 2 fully saturated rings. The molecule has 10 heteroatoms. The Bertz CT molecular complexity index is 1370. The van der Waals surface area contributed by atoms with Crippen LogP contribution < -0.4 is 14.4 Å². The van der Waals surface area contributed by atoms with E-state index in [4.69, 9.17) is 14.2 Å². The molecule has 5 rings (SSSR count). The molecule has 2 saturated heterocycles. The van der Waals surface area contributed by atoms with Crippen LogP contribution in [0.25, 0.3) is 10.9 Å². The highest BCUT2D eigenvalue weighted by atomic mass is 16.5. The summed E-state index contributed by atoms with van der Waals surface area (Å²) in [5.74, 6) is 0.725. The summed E-state index contributed by atoms with van der Waals surface area (Å²) in [4.78, 5) is 34.7. The fraction of sp³-hybridized carbons (Fsp3) is 0.433. The van der Waals surface area contributed by atoms with Crippen molar-refractivity contribution in [1.29, 1.82) is 0 Å². The number of urea groups is 1. The van der Waals surface area contributed by atoms with Gasteiger partial charge >= 0.3 is 6.03 Å². The van der Waals surface area contributed by atoms with E-state index in [1.807, 2.05) is 30.3 Å². The number of carbonyl (C=O) groups excluding carboxylic acids is 2. The maximum Gasteiger partial charge on any atom is 0.332 e. The summed E-state index contributed by atoms with van der Waals surface area (Å²) < 4.78 is 17.1. The number of aromatic nitrogens is 1. The van der Waals surface area contributed by atoms with Crippen LogP contribution in [-0.2, 0) is 16.1 Å². The summed E-state index contributed by atoms with van der Waals surface area (Å²) in [7, 11) is 1.57. The largest absolute Gasteiger partial charge is 0.493 e. The Morgan fingerprint density at radius 3 is 2.58 bits per heavy atom. The highest BCUT2D eigenvalue weighted by molar-refractivity contribution is 6.23. The van der Waals surface area contributed by atoms with Crippen molar-refractivity contribution in [3.05, 3.63) is 60.3 Å². The lowest BCUT2D eigenvalue weighted by molar-refractivity contribution is -0.123. The van der Waals surface area contributed by atoms with E-state index in [0.29, 0.717) is 30.3 Å². The lowest BCUT2D eigenvalue weighted by Gasteiger charge is -2.36. The first-order valence-corrected chi connectivity index (χ1v) is 13.7. The zero-order valence-electron chi connectivity index (χ0n) is 23.6. The van der Waals surface area contributed by atoms with Gasteiger partial charge in [-0.1, -0.05) is 25.1 Å². The Balaban J connectivity index is 1.35. The number of rotatable bonds is 10. The van der Waals surface area contributed by atoms with Crippen LogP contribution in [0.5, 0.6) is 11.5 Å². The number of hydrazine groups is 1. The summed E-state index contributed by atoms with van der Waals surface area (Å²) in [5.41, 5.74) is 1.19. The van der Waals surface area contributed by atoms with Gasteiger partial charge in [0.05, 0.1) is 31.5 Å². The van der Waals surface area contributed by atoms with Gasteiger partial charge in [-0.25, -0.2) is 19.7 Å². The molecule has 0 aliphatic carbocycles. The maximum absolute atomic E-state index is 13.8. The van der Waals surface area contributed by atoms with Crippen molar-refractivity contribution in [3.8, 4) is 11.5 Å². The van der Waals surface area contributed by atoms with Gasteiger partial charge in [0.25, 0.3) is 5.91 Å². The molecule has 0 bridgehead atoms. The van der Waals surface area contributed by atoms with Crippen molar-refractivity contribution in [3.63, 3.8) is 0 Å². The number of anilines is 1. The first kappa shape index (κ1) is 27.8. The van der Waals surface area contributed by atoms with Gasteiger partial charge in [0.1, 0.15) is 12.1 Å². The average Bonchev–Trinajstić information content (AvgIpc) is 3.14. The zero-order valence-corrected chi connectivity index (χ0v) is 23.6. The van der Waals surface area contributed by atoms with Crippen LogP contribution in [0.15, 0.2) is 54.7 Å². The van der Waals surface area contributed by atoms with Gasteiger partial charge in [0, 0.05) is 50.4 Å². The van der Waals surface area contributed by atoms with E-state index in [0.717, 1.165) is 49.3 Å². The van der Waals surface area contributed by atoms with Crippen LogP contribution in [0.2, 0.25) is 0 Å². The number of hydrogen-bond donors (Lipinski definition) is 0. The molecule has 3 aromatic rings. The van der Waals surface area contributed by atoms with Gasteiger partial charge in [-0.3, -0.25) is 9.78 Å². The molecule has 3 heterocycles. The van der Waals surface area contributed by atoms with E-state index in [2.05, 4.69) is 21.9 Å². The van der Waals surface area contributed by atoms with Crippen LogP contribution in [0.4, 0.5) is 10.5 Å². The zero-order chi connectivity index (χ0) is 28.3. The lowest BCUT2D eigenvalue weighted by Crippen LogP contribution is -2.50. The number of likely N-dealkylation sites (N-methyl/N-ethyl adjacent to an activating group) is 1. The third-order valence-corrected chi connectivity index (χ3v) is 7.66. The van der Waals surface area contributed by atoms with E-state index in [1.54, 1.807) is 50.3 Å². The third-order valence-electron chi connectivity index (χ3n) is 7.66. The number of pyridine rings is 1. The number of hydrogen-bond acceptors (Lipinski definition) is 8. The van der Waals surface area contributed by atoms with Gasteiger partial charge in [-0.2, -0.15) is 0 Å². The molecule has 0 N–H and O–H groups in total. The minimum atomic E-state index is -1.04. The number of amides is 3. The maximum atomic E-state index is 13.8. The molecule has 2 aromatic carbocycles. The van der Waals surface area contributed by atoms with Crippen molar-refractivity contribution < 1.29 is 23.8 Å². The molecule has 2 aliphatic heterocycles. The van der Waals surface area contributed by atoms with E-state index in [9.17, 15) is 9.59 Å². The van der Waals surface area contributed by atoms with Crippen LogP contribution >= 0.6 is 0 Å². The number of ether oxygens (including phenoxy) is 3. The number of morpholine rings is 1. The Kier molecular flexibility index (Phi) is 8.20. The number of imide groups is 1. The lowest BCUT2D eigenvalue weighted by atomic mass is 10.0. The van der Waals surface area contributed by atoms with Gasteiger partial charge in [-0.05, 0) is 43.7 Å². The smallest absolute Gasteiger partial charge is 0.332 e. The number of carbonyl (C=O) groups is 2. The number of fused-ring (bicyclic) bond motifs is 1. The van der Waals surface area contributed by atoms with Crippen LogP contribution in [0.1, 0.15) is 26.3 Å². The number of methoxy groups -OCH3 is 1. The summed E-state index contributed by atoms with van der Waals surface area (Å²) in [5, 5.41) is 5.48. The summed E-state index contributed by atoms with van der Waals surface area (Å²) in [6, 6.07) is 14.5. The van der Waals surface area contributed by atoms with Crippen molar-refractivity contribution in [2.45, 2.75) is 32.9 Å². The highest BCUT2D eigenvalue weighted by Crippen LogP contribution is 2.38. The summed E-state index contributed by atoms with van der Waals surface area (Å²) in [6.07, 6.45) is 1.73. The molecular weight excluding hydrogens is 510 g/mol. The van der Waals surface area contributed by atoms with Gasteiger partial charge in [0.15, 0.2) is 11.5 Å². The van der Waals surface area contributed by atoms with Crippen molar-refractivity contribution in [2.75, 3.05) is 58.0 Å². The standard InChI is InChI=1S/C30H37N5O5/c1-5-32(33-14-17-39-18-15-33)16-19-40-27-20-23(10-11-26(27)38-4)35-28(36)30(2,3)34(29(35)37)21-22-12-13-31-25-9-7-6-8-24(22)25/h6-13,20H,5,14-19,21H2,1-4H3.